The number of amides is 2. The maximum atomic E-state index is 14.6. The predicted molar refractivity (Wildman–Crippen MR) is 170 cm³/mol. The van der Waals surface area contributed by atoms with Gasteiger partial charge in [-0.05, 0) is 93.4 Å². The third-order valence-corrected chi connectivity index (χ3v) is 10.2. The molecule has 2 aromatic rings. The van der Waals surface area contributed by atoms with E-state index in [1.807, 2.05) is 6.92 Å². The maximum Gasteiger partial charge on any atom is 0.269 e. The predicted octanol–water partition coefficient (Wildman–Crippen LogP) is 10.5. The molecule has 0 saturated heterocycles. The molecule has 0 fully saturated rings. The highest BCUT2D eigenvalue weighted by Crippen LogP contribution is 2.47. The smallest absolute Gasteiger partial charge is 0.269 e. The van der Waals surface area contributed by atoms with Gasteiger partial charge < -0.3 is 4.74 Å². The zero-order valence-corrected chi connectivity index (χ0v) is 28.2. The van der Waals surface area contributed by atoms with Crippen LogP contribution in [0.4, 0.5) is 23.2 Å². The summed E-state index contributed by atoms with van der Waals surface area (Å²) >= 11 is 0. The Morgan fingerprint density at radius 3 is 1.71 bits per heavy atom. The van der Waals surface area contributed by atoms with Gasteiger partial charge in [0, 0.05) is 0 Å². The molecule has 0 aliphatic carbocycles. The largest absolute Gasteiger partial charge is 0.487 e. The fraction of sp³-hybridized carbons (Fsp3) is 0.622. The van der Waals surface area contributed by atoms with E-state index in [9.17, 15) is 27.2 Å². The van der Waals surface area contributed by atoms with Gasteiger partial charge >= 0.3 is 0 Å². The Bertz CT molecular complexity index is 1420. The lowest BCUT2D eigenvalue weighted by molar-refractivity contribution is 0.0513. The van der Waals surface area contributed by atoms with Crippen molar-refractivity contribution in [2.45, 2.75) is 132 Å². The number of hydrogen-bond acceptors (Lipinski definition) is 3. The molecule has 0 bridgehead atoms. The van der Waals surface area contributed by atoms with Crippen molar-refractivity contribution in [2.24, 2.45) is 17.8 Å². The minimum atomic E-state index is -2.12. The Balaban J connectivity index is 1.42. The second-order valence-electron chi connectivity index (χ2n) is 14.4. The first-order valence-electron chi connectivity index (χ1n) is 16.7. The molecule has 2 heterocycles. The van der Waals surface area contributed by atoms with Gasteiger partial charge in [0.1, 0.15) is 11.4 Å². The molecule has 4 nitrogen and oxygen atoms in total. The zero-order chi connectivity index (χ0) is 33.4. The summed E-state index contributed by atoms with van der Waals surface area (Å²) in [7, 11) is 0. The van der Waals surface area contributed by atoms with E-state index < -0.39 is 46.2 Å². The molecule has 2 amide bonds. The van der Waals surface area contributed by atoms with Crippen LogP contribution in [0.5, 0.6) is 5.75 Å². The lowest BCUT2D eigenvalue weighted by Gasteiger charge is -2.39. The Kier molecular flexibility index (Phi) is 10.8. The number of ether oxygens (including phenoxy) is 1. The molecular formula is C37H49F4NO3. The molecular weight excluding hydrogens is 582 g/mol. The Hall–Kier alpha value is -2.90. The molecule has 0 radical (unpaired) electrons. The van der Waals surface area contributed by atoms with Crippen LogP contribution < -0.4 is 9.64 Å². The standard InChI is InChI=1S/C37H49F4NO3/c1-20(2)12-9-13-21(3)14-10-15-22(4)16-11-18-37(8)19-17-26-25(7)33(23(5)24(6)34(26)45-37)42-35(43)27-28(36(42)44)30(39)32(41)31(40)29(27)38/h20-22H,9-19H2,1-8H3. The number of fused-ring (bicyclic) bond motifs is 2. The van der Waals surface area contributed by atoms with Crippen molar-refractivity contribution in [2.75, 3.05) is 4.90 Å². The molecule has 2 aliphatic heterocycles. The molecule has 3 unspecified atom stereocenters. The fourth-order valence-corrected chi connectivity index (χ4v) is 7.16. The molecule has 0 N–H and O–H groups in total. The lowest BCUT2D eigenvalue weighted by Crippen LogP contribution is -2.38. The van der Waals surface area contributed by atoms with E-state index >= 15 is 0 Å². The third-order valence-electron chi connectivity index (χ3n) is 10.2. The van der Waals surface area contributed by atoms with Crippen LogP contribution in [-0.4, -0.2) is 17.4 Å². The Labute approximate surface area is 265 Å². The van der Waals surface area contributed by atoms with E-state index in [0.29, 0.717) is 39.7 Å². The van der Waals surface area contributed by atoms with Gasteiger partial charge in [0.25, 0.3) is 11.8 Å². The quantitative estimate of drug-likeness (QED) is 0.0956. The molecule has 248 valence electrons. The summed E-state index contributed by atoms with van der Waals surface area (Å²) in [6.07, 6.45) is 12.2. The number of carbonyl (C=O) groups excluding carboxylic acids is 2. The van der Waals surface area contributed by atoms with Crippen molar-refractivity contribution < 1.29 is 31.9 Å². The molecule has 3 atom stereocenters. The molecule has 4 rings (SSSR count). The average Bonchev–Trinajstić information content (AvgIpc) is 3.23. The monoisotopic (exact) mass is 631 g/mol. The van der Waals surface area contributed by atoms with E-state index in [1.54, 1.807) is 13.8 Å². The van der Waals surface area contributed by atoms with Gasteiger partial charge in [-0.2, -0.15) is 0 Å². The summed E-state index contributed by atoms with van der Waals surface area (Å²) in [6.45, 7) is 16.7. The van der Waals surface area contributed by atoms with Gasteiger partial charge in [0.2, 0.25) is 0 Å². The summed E-state index contributed by atoms with van der Waals surface area (Å²) in [5.74, 6) is -7.48. The number of carbonyl (C=O) groups is 2. The third kappa shape index (κ3) is 6.95. The minimum Gasteiger partial charge on any atom is -0.487 e. The molecule has 2 aromatic carbocycles. The topological polar surface area (TPSA) is 46.6 Å². The molecule has 0 saturated carbocycles. The normalized spacial score (nSPS) is 19.2. The second-order valence-corrected chi connectivity index (χ2v) is 14.4. The lowest BCUT2D eigenvalue weighted by atomic mass is 9.83. The first-order chi connectivity index (χ1) is 21.1. The number of hydrogen-bond donors (Lipinski definition) is 0. The van der Waals surface area contributed by atoms with Crippen molar-refractivity contribution in [1.82, 2.24) is 0 Å². The number of rotatable bonds is 13. The first kappa shape index (κ1) is 35.0. The highest BCUT2D eigenvalue weighted by Gasteiger charge is 2.46. The highest BCUT2D eigenvalue weighted by atomic mass is 19.2. The summed E-state index contributed by atoms with van der Waals surface area (Å²) in [5, 5.41) is 0. The van der Waals surface area contributed by atoms with Crippen LogP contribution in [0, 0.1) is 61.8 Å². The number of nitrogens with zero attached hydrogens (tertiary/aromatic N) is 1. The molecule has 8 heteroatoms. The van der Waals surface area contributed by atoms with Crippen LogP contribution in [-0.2, 0) is 6.42 Å². The SMILES string of the molecule is Cc1c(C)c(N2C(=O)c3c(F)c(F)c(F)c(F)c3C2=O)c(C)c2c1OC(C)(CCCC(C)CCCC(C)CCCC(C)C)CC2. The van der Waals surface area contributed by atoms with Gasteiger partial charge in [0.15, 0.2) is 23.3 Å². The average molecular weight is 632 g/mol. The Morgan fingerprint density at radius 1 is 0.711 bits per heavy atom. The number of benzene rings is 2. The molecule has 0 aromatic heterocycles. The maximum absolute atomic E-state index is 14.6. The van der Waals surface area contributed by atoms with Gasteiger partial charge in [-0.3, -0.25) is 9.59 Å². The molecule has 0 spiro atoms. The zero-order valence-electron chi connectivity index (χ0n) is 28.2. The van der Waals surface area contributed by atoms with Crippen molar-refractivity contribution in [1.29, 1.82) is 0 Å². The second kappa shape index (κ2) is 13.8. The van der Waals surface area contributed by atoms with Gasteiger partial charge in [-0.1, -0.05) is 72.6 Å². The summed E-state index contributed by atoms with van der Waals surface area (Å²) in [5.41, 5.74) is 0.252. The highest BCUT2D eigenvalue weighted by molar-refractivity contribution is 6.35. The minimum absolute atomic E-state index is 0.173. The number of halogens is 4. The van der Waals surface area contributed by atoms with Crippen LogP contribution in [0.25, 0.3) is 0 Å². The van der Waals surface area contributed by atoms with Crippen LogP contribution in [0.1, 0.15) is 142 Å². The van der Waals surface area contributed by atoms with Crippen molar-refractivity contribution in [3.05, 3.63) is 56.6 Å². The summed E-state index contributed by atoms with van der Waals surface area (Å²) in [6, 6.07) is 0. The van der Waals surface area contributed by atoms with E-state index in [1.165, 1.54) is 38.5 Å². The molecule has 45 heavy (non-hydrogen) atoms. The van der Waals surface area contributed by atoms with Crippen molar-refractivity contribution >= 4 is 17.5 Å². The van der Waals surface area contributed by atoms with Crippen LogP contribution in [0.2, 0.25) is 0 Å². The summed E-state index contributed by atoms with van der Waals surface area (Å²) < 4.78 is 63.8. The van der Waals surface area contributed by atoms with E-state index in [0.717, 1.165) is 43.1 Å². The van der Waals surface area contributed by atoms with Crippen molar-refractivity contribution in [3.63, 3.8) is 0 Å². The Morgan fingerprint density at radius 2 is 1.20 bits per heavy atom. The number of imide groups is 1. The van der Waals surface area contributed by atoms with E-state index in [4.69, 9.17) is 4.74 Å². The molecule has 2 aliphatic rings. The summed E-state index contributed by atoms with van der Waals surface area (Å²) in [4.78, 5) is 27.1. The van der Waals surface area contributed by atoms with Gasteiger partial charge in [-0.25, -0.2) is 22.5 Å². The van der Waals surface area contributed by atoms with Crippen LogP contribution in [0.3, 0.4) is 0 Å². The van der Waals surface area contributed by atoms with Crippen LogP contribution in [0.15, 0.2) is 0 Å². The van der Waals surface area contributed by atoms with Crippen LogP contribution >= 0.6 is 0 Å². The van der Waals surface area contributed by atoms with E-state index in [-0.39, 0.29) is 11.3 Å². The van der Waals surface area contributed by atoms with E-state index in [2.05, 4.69) is 34.6 Å². The van der Waals surface area contributed by atoms with Gasteiger partial charge in [0.05, 0.1) is 16.8 Å². The van der Waals surface area contributed by atoms with Gasteiger partial charge in [-0.15, -0.1) is 0 Å². The number of anilines is 1. The fourth-order valence-electron chi connectivity index (χ4n) is 7.16. The van der Waals surface area contributed by atoms with Crippen molar-refractivity contribution in [3.8, 4) is 5.75 Å². The first-order valence-corrected chi connectivity index (χ1v) is 16.7.